The van der Waals surface area contributed by atoms with E-state index in [1.807, 2.05) is 49.4 Å². The molecule has 0 bridgehead atoms. The molecule has 2 aliphatic heterocycles. The van der Waals surface area contributed by atoms with Crippen molar-refractivity contribution in [2.45, 2.75) is 43.6 Å². The first kappa shape index (κ1) is 27.5. The lowest BCUT2D eigenvalue weighted by molar-refractivity contribution is -0.143. The Balaban J connectivity index is 1.31. The van der Waals surface area contributed by atoms with Crippen LogP contribution in [0.2, 0.25) is 0 Å². The summed E-state index contributed by atoms with van der Waals surface area (Å²) >= 11 is 0. The van der Waals surface area contributed by atoms with Gasteiger partial charge in [0, 0.05) is 24.7 Å². The highest BCUT2D eigenvalue weighted by Crippen LogP contribution is 2.36. The van der Waals surface area contributed by atoms with Crippen LogP contribution in [0.4, 0.5) is 0 Å². The van der Waals surface area contributed by atoms with Gasteiger partial charge in [0.15, 0.2) is 0 Å². The second kappa shape index (κ2) is 11.2. The number of nitrogen functional groups attached to an aromatic ring is 1. The van der Waals surface area contributed by atoms with Gasteiger partial charge in [-0.3, -0.25) is 15.0 Å². The number of hydrogen-bond acceptors (Lipinski definition) is 5. The highest BCUT2D eigenvalue weighted by atomic mass is 32.2. The standard InChI is InChI=1S/C30H33N5O4S/c1-20-16-23(29(31)32)12-13-24(20)17-33-30(37)26-15-14-25-18-34(19-27(36)35(25)26)40(38,39)28(21-8-4-2-5-9-21)22-10-6-3-7-11-22/h2-13,16,25-26,28H,14-15,17-19H2,1H3,(H3,31,32)(H,33,37)/t25-,26-/m0/s1. The number of aryl methyl sites for hydroxylation is 1. The van der Waals surface area contributed by atoms with Gasteiger partial charge >= 0.3 is 0 Å². The summed E-state index contributed by atoms with van der Waals surface area (Å²) in [4.78, 5) is 28.1. The molecule has 0 saturated carbocycles. The summed E-state index contributed by atoms with van der Waals surface area (Å²) in [6.45, 7) is 2.02. The van der Waals surface area contributed by atoms with Gasteiger partial charge in [0.2, 0.25) is 21.8 Å². The molecule has 3 aromatic rings. The van der Waals surface area contributed by atoms with Crippen molar-refractivity contribution in [1.29, 1.82) is 5.41 Å². The molecule has 2 aliphatic rings. The summed E-state index contributed by atoms with van der Waals surface area (Å²) in [6.07, 6.45) is 1.02. The number of carbonyl (C=O) groups excluding carboxylic acids is 2. The van der Waals surface area contributed by atoms with E-state index in [2.05, 4.69) is 5.32 Å². The number of nitrogens with one attached hydrogen (secondary N) is 2. The molecule has 5 rings (SSSR count). The fourth-order valence-corrected chi connectivity index (χ4v) is 7.70. The molecule has 0 aliphatic carbocycles. The van der Waals surface area contributed by atoms with Crippen molar-refractivity contribution in [3.05, 3.63) is 107 Å². The number of piperazine rings is 1. The third-order valence-corrected chi connectivity index (χ3v) is 9.93. The van der Waals surface area contributed by atoms with Crippen LogP contribution < -0.4 is 11.1 Å². The second-order valence-electron chi connectivity index (χ2n) is 10.4. The lowest BCUT2D eigenvalue weighted by Crippen LogP contribution is -2.60. The molecule has 2 heterocycles. The van der Waals surface area contributed by atoms with Crippen molar-refractivity contribution in [1.82, 2.24) is 14.5 Å². The Hall–Kier alpha value is -4.02. The SMILES string of the molecule is Cc1cc(C(=N)N)ccc1CNC(=O)[C@@H]1CC[C@H]2CN(S(=O)(=O)C(c3ccccc3)c3ccccc3)CC(=O)N21. The Bertz CT molecular complexity index is 1490. The predicted octanol–water partition coefficient (Wildman–Crippen LogP) is 2.69. The van der Waals surface area contributed by atoms with E-state index in [0.717, 1.165) is 11.1 Å². The third-order valence-electron chi connectivity index (χ3n) is 7.79. The zero-order chi connectivity index (χ0) is 28.4. The zero-order valence-electron chi connectivity index (χ0n) is 22.3. The summed E-state index contributed by atoms with van der Waals surface area (Å²) in [5.41, 5.74) is 9.25. The average Bonchev–Trinajstić information content (AvgIpc) is 3.38. The topological polar surface area (TPSA) is 137 Å². The van der Waals surface area contributed by atoms with Crippen LogP contribution in [-0.4, -0.2) is 60.4 Å². The van der Waals surface area contributed by atoms with Crippen LogP contribution in [0.5, 0.6) is 0 Å². The predicted molar refractivity (Wildman–Crippen MR) is 153 cm³/mol. The molecule has 3 aromatic carbocycles. The van der Waals surface area contributed by atoms with E-state index in [0.29, 0.717) is 29.5 Å². The second-order valence-corrected chi connectivity index (χ2v) is 12.4. The molecule has 2 saturated heterocycles. The van der Waals surface area contributed by atoms with E-state index in [9.17, 15) is 18.0 Å². The molecule has 2 atom stereocenters. The van der Waals surface area contributed by atoms with Crippen molar-refractivity contribution in [2.24, 2.45) is 5.73 Å². The molecular formula is C30H33N5O4S. The lowest BCUT2D eigenvalue weighted by atomic mass is 10.0. The van der Waals surface area contributed by atoms with Crippen LogP contribution in [-0.2, 0) is 26.2 Å². The van der Waals surface area contributed by atoms with E-state index >= 15 is 0 Å². The normalized spacial score (nSPS) is 19.4. The summed E-state index contributed by atoms with van der Waals surface area (Å²) in [7, 11) is -3.94. The third kappa shape index (κ3) is 5.37. The van der Waals surface area contributed by atoms with Gasteiger partial charge < -0.3 is 16.0 Å². The quantitative estimate of drug-likeness (QED) is 0.288. The van der Waals surface area contributed by atoms with Gasteiger partial charge in [0.1, 0.15) is 17.1 Å². The van der Waals surface area contributed by atoms with Gasteiger partial charge in [-0.2, -0.15) is 4.31 Å². The molecule has 0 radical (unpaired) electrons. The molecule has 208 valence electrons. The number of benzene rings is 3. The van der Waals surface area contributed by atoms with Gasteiger partial charge in [-0.15, -0.1) is 0 Å². The highest BCUT2D eigenvalue weighted by Gasteiger charge is 2.48. The van der Waals surface area contributed by atoms with Gasteiger partial charge in [0.05, 0.1) is 6.54 Å². The van der Waals surface area contributed by atoms with E-state index < -0.39 is 21.3 Å². The minimum atomic E-state index is -3.94. The molecule has 40 heavy (non-hydrogen) atoms. The maximum Gasteiger partial charge on any atom is 0.243 e. The average molecular weight is 560 g/mol. The van der Waals surface area contributed by atoms with Crippen LogP contribution in [0.3, 0.4) is 0 Å². The summed E-state index contributed by atoms with van der Waals surface area (Å²) < 4.78 is 29.4. The number of hydrogen-bond donors (Lipinski definition) is 3. The van der Waals surface area contributed by atoms with Gasteiger partial charge in [-0.1, -0.05) is 72.8 Å². The Morgan fingerprint density at radius 3 is 2.23 bits per heavy atom. The number of rotatable bonds is 8. The van der Waals surface area contributed by atoms with Crippen molar-refractivity contribution < 1.29 is 18.0 Å². The van der Waals surface area contributed by atoms with Crippen LogP contribution >= 0.6 is 0 Å². The first-order chi connectivity index (χ1) is 19.2. The first-order valence-corrected chi connectivity index (χ1v) is 14.8. The number of carbonyl (C=O) groups is 2. The number of nitrogens with zero attached hydrogens (tertiary/aromatic N) is 2. The fourth-order valence-electron chi connectivity index (χ4n) is 5.73. The molecular weight excluding hydrogens is 526 g/mol. The Morgan fingerprint density at radius 1 is 1.02 bits per heavy atom. The number of nitrogens with two attached hydrogens (primary N) is 1. The molecule has 10 heteroatoms. The van der Waals surface area contributed by atoms with E-state index in [4.69, 9.17) is 11.1 Å². The van der Waals surface area contributed by atoms with Crippen molar-refractivity contribution in [3.63, 3.8) is 0 Å². The Morgan fingerprint density at radius 2 is 1.65 bits per heavy atom. The van der Waals surface area contributed by atoms with Gasteiger partial charge in [-0.25, -0.2) is 8.42 Å². The molecule has 0 unspecified atom stereocenters. The molecule has 0 spiro atoms. The molecule has 2 amide bonds. The van der Waals surface area contributed by atoms with E-state index in [-0.39, 0.29) is 43.3 Å². The van der Waals surface area contributed by atoms with Crippen LogP contribution in [0, 0.1) is 12.3 Å². The van der Waals surface area contributed by atoms with Gasteiger partial charge in [-0.05, 0) is 48.1 Å². The number of sulfonamides is 1. The maximum absolute atomic E-state index is 14.0. The zero-order valence-corrected chi connectivity index (χ0v) is 23.1. The largest absolute Gasteiger partial charge is 0.384 e. The number of amides is 2. The smallest absolute Gasteiger partial charge is 0.243 e. The first-order valence-electron chi connectivity index (χ1n) is 13.3. The fraction of sp³-hybridized carbons (Fsp3) is 0.300. The molecule has 9 nitrogen and oxygen atoms in total. The van der Waals surface area contributed by atoms with Crippen LogP contribution in [0.25, 0.3) is 0 Å². The Kier molecular flexibility index (Phi) is 7.73. The minimum Gasteiger partial charge on any atom is -0.384 e. The molecule has 2 fully saturated rings. The van der Waals surface area contributed by atoms with E-state index in [1.165, 1.54) is 4.31 Å². The molecule has 4 N–H and O–H groups in total. The van der Waals surface area contributed by atoms with E-state index in [1.54, 1.807) is 41.3 Å². The molecule has 0 aromatic heterocycles. The summed E-state index contributed by atoms with van der Waals surface area (Å²) in [6, 6.07) is 22.4. The van der Waals surface area contributed by atoms with Crippen molar-refractivity contribution in [3.8, 4) is 0 Å². The number of fused-ring (bicyclic) bond motifs is 1. The Labute approximate surface area is 234 Å². The summed E-state index contributed by atoms with van der Waals surface area (Å²) in [5.74, 6) is -0.637. The summed E-state index contributed by atoms with van der Waals surface area (Å²) in [5, 5.41) is 9.58. The minimum absolute atomic E-state index is 0.0193. The van der Waals surface area contributed by atoms with Crippen LogP contribution in [0.15, 0.2) is 78.9 Å². The van der Waals surface area contributed by atoms with Crippen LogP contribution in [0.1, 0.15) is 45.9 Å². The lowest BCUT2D eigenvalue weighted by Gasteiger charge is -2.40. The van der Waals surface area contributed by atoms with Crippen molar-refractivity contribution in [2.75, 3.05) is 13.1 Å². The maximum atomic E-state index is 14.0. The monoisotopic (exact) mass is 559 g/mol. The number of amidine groups is 1. The van der Waals surface area contributed by atoms with Crippen molar-refractivity contribution >= 4 is 27.7 Å². The van der Waals surface area contributed by atoms with Gasteiger partial charge in [0.25, 0.3) is 0 Å². The highest BCUT2D eigenvalue weighted by molar-refractivity contribution is 7.89.